The molecular formula is C13H11FN2O2. The Hall–Kier alpha value is -2.43. The van der Waals surface area contributed by atoms with Crippen LogP contribution in [0.1, 0.15) is 16.1 Å². The molecule has 5 heteroatoms. The number of H-pyrrole nitrogens is 1. The van der Waals surface area contributed by atoms with E-state index in [4.69, 9.17) is 0 Å². The number of aromatic amines is 1. The zero-order chi connectivity index (χ0) is 13.1. The highest BCUT2D eigenvalue weighted by Crippen LogP contribution is 2.16. The lowest BCUT2D eigenvalue weighted by Crippen LogP contribution is -2.18. The van der Waals surface area contributed by atoms with Crippen molar-refractivity contribution in [1.29, 1.82) is 0 Å². The maximum atomic E-state index is 13.4. The van der Waals surface area contributed by atoms with E-state index in [1.54, 1.807) is 13.0 Å². The van der Waals surface area contributed by atoms with Gasteiger partial charge in [-0.25, -0.2) is 4.39 Å². The van der Waals surface area contributed by atoms with Gasteiger partial charge in [0.15, 0.2) is 0 Å². The van der Waals surface area contributed by atoms with Crippen molar-refractivity contribution < 1.29 is 9.18 Å². The van der Waals surface area contributed by atoms with Crippen LogP contribution >= 0.6 is 0 Å². The third kappa shape index (κ3) is 2.63. The highest BCUT2D eigenvalue weighted by atomic mass is 19.1. The lowest BCUT2D eigenvalue weighted by atomic mass is 10.2. The second-order valence-electron chi connectivity index (χ2n) is 3.87. The number of aryl methyl sites for hydroxylation is 1. The minimum Gasteiger partial charge on any atom is -0.318 e. The Balaban J connectivity index is 2.26. The van der Waals surface area contributed by atoms with Crippen LogP contribution < -0.4 is 10.9 Å². The quantitative estimate of drug-likeness (QED) is 0.852. The molecule has 2 rings (SSSR count). The van der Waals surface area contributed by atoms with Crippen LogP contribution in [0, 0.1) is 12.7 Å². The van der Waals surface area contributed by atoms with Crippen LogP contribution in [0.4, 0.5) is 10.1 Å². The van der Waals surface area contributed by atoms with Crippen LogP contribution in [0.15, 0.2) is 41.2 Å². The van der Waals surface area contributed by atoms with Crippen molar-refractivity contribution >= 4 is 11.6 Å². The number of rotatable bonds is 2. The normalized spacial score (nSPS) is 10.1. The van der Waals surface area contributed by atoms with E-state index in [1.165, 1.54) is 30.3 Å². The van der Waals surface area contributed by atoms with E-state index < -0.39 is 11.7 Å². The predicted octanol–water partition coefficient (Wildman–Crippen LogP) is 2.07. The zero-order valence-electron chi connectivity index (χ0n) is 9.66. The first-order chi connectivity index (χ1) is 8.56. The van der Waals surface area contributed by atoms with Crippen LogP contribution in [0.2, 0.25) is 0 Å². The maximum absolute atomic E-state index is 13.4. The average Bonchev–Trinajstić information content (AvgIpc) is 2.34. The van der Waals surface area contributed by atoms with Gasteiger partial charge in [-0.3, -0.25) is 9.59 Å². The highest BCUT2D eigenvalue weighted by molar-refractivity contribution is 6.02. The molecule has 92 valence electrons. The number of amides is 1. The summed E-state index contributed by atoms with van der Waals surface area (Å²) < 4.78 is 13.4. The second-order valence-corrected chi connectivity index (χ2v) is 3.87. The summed E-state index contributed by atoms with van der Waals surface area (Å²) in [5, 5.41) is 2.41. The zero-order valence-corrected chi connectivity index (χ0v) is 9.66. The molecule has 2 aromatic rings. The fourth-order valence-corrected chi connectivity index (χ4v) is 1.50. The first-order valence-corrected chi connectivity index (χ1v) is 5.33. The van der Waals surface area contributed by atoms with Gasteiger partial charge in [0, 0.05) is 6.07 Å². The van der Waals surface area contributed by atoms with Crippen molar-refractivity contribution in [2.45, 2.75) is 6.92 Å². The molecule has 0 fully saturated rings. The van der Waals surface area contributed by atoms with Crippen molar-refractivity contribution in [3.63, 3.8) is 0 Å². The number of carbonyl (C=O) groups excluding carboxylic acids is 1. The van der Waals surface area contributed by atoms with Crippen LogP contribution in [-0.4, -0.2) is 10.9 Å². The maximum Gasteiger partial charge on any atom is 0.272 e. The lowest BCUT2D eigenvalue weighted by molar-refractivity contribution is 0.102. The molecule has 0 atom stereocenters. The topological polar surface area (TPSA) is 62.0 Å². The van der Waals surface area contributed by atoms with E-state index in [-0.39, 0.29) is 16.9 Å². The van der Waals surface area contributed by atoms with Crippen molar-refractivity contribution in [1.82, 2.24) is 4.98 Å². The largest absolute Gasteiger partial charge is 0.318 e. The summed E-state index contributed by atoms with van der Waals surface area (Å²) in [4.78, 5) is 25.2. The average molecular weight is 246 g/mol. The van der Waals surface area contributed by atoms with Crippen molar-refractivity contribution in [3.8, 4) is 0 Å². The van der Waals surface area contributed by atoms with Gasteiger partial charge in [-0.2, -0.15) is 0 Å². The summed E-state index contributed by atoms with van der Waals surface area (Å²) in [6.07, 6.45) is 0. The molecule has 4 nitrogen and oxygen atoms in total. The van der Waals surface area contributed by atoms with Crippen molar-refractivity contribution in [2.75, 3.05) is 5.32 Å². The van der Waals surface area contributed by atoms with E-state index >= 15 is 0 Å². The molecule has 2 N–H and O–H groups in total. The monoisotopic (exact) mass is 246 g/mol. The lowest BCUT2D eigenvalue weighted by Gasteiger charge is -2.07. The summed E-state index contributed by atoms with van der Waals surface area (Å²) in [7, 11) is 0. The number of hydrogen-bond donors (Lipinski definition) is 2. The van der Waals surface area contributed by atoms with Gasteiger partial charge >= 0.3 is 0 Å². The Labute approximate surface area is 102 Å². The smallest absolute Gasteiger partial charge is 0.272 e. The number of anilines is 1. The molecule has 1 heterocycles. The fourth-order valence-electron chi connectivity index (χ4n) is 1.50. The van der Waals surface area contributed by atoms with Crippen LogP contribution in [0.25, 0.3) is 0 Å². The molecule has 0 aliphatic rings. The Morgan fingerprint density at radius 1 is 1.28 bits per heavy atom. The predicted molar refractivity (Wildman–Crippen MR) is 66.2 cm³/mol. The van der Waals surface area contributed by atoms with Gasteiger partial charge in [0.2, 0.25) is 5.56 Å². The number of aromatic nitrogens is 1. The van der Waals surface area contributed by atoms with Gasteiger partial charge < -0.3 is 10.3 Å². The number of hydrogen-bond acceptors (Lipinski definition) is 2. The molecule has 0 aliphatic heterocycles. The molecule has 1 aromatic heterocycles. The second kappa shape index (κ2) is 4.83. The third-order valence-corrected chi connectivity index (χ3v) is 2.38. The molecule has 1 amide bonds. The van der Waals surface area contributed by atoms with Gasteiger partial charge in [-0.15, -0.1) is 0 Å². The van der Waals surface area contributed by atoms with Gasteiger partial charge in [-0.05, 0) is 30.7 Å². The van der Waals surface area contributed by atoms with E-state index in [0.29, 0.717) is 0 Å². The van der Waals surface area contributed by atoms with E-state index in [0.717, 1.165) is 5.56 Å². The fraction of sp³-hybridized carbons (Fsp3) is 0.0769. The number of halogens is 1. The number of pyridine rings is 1. The summed E-state index contributed by atoms with van der Waals surface area (Å²) in [6.45, 7) is 1.79. The minimum absolute atomic E-state index is 0.0865. The Kier molecular flexibility index (Phi) is 3.23. The molecule has 18 heavy (non-hydrogen) atoms. The Bertz CT molecular complexity index is 649. The first kappa shape index (κ1) is 12.0. The molecule has 0 unspecified atom stereocenters. The van der Waals surface area contributed by atoms with Crippen LogP contribution in [0.5, 0.6) is 0 Å². The van der Waals surface area contributed by atoms with Gasteiger partial charge in [0.25, 0.3) is 5.91 Å². The van der Waals surface area contributed by atoms with E-state index in [9.17, 15) is 14.0 Å². The summed E-state index contributed by atoms with van der Waals surface area (Å²) in [5.41, 5.74) is 0.619. The molecule has 0 aliphatic carbocycles. The van der Waals surface area contributed by atoms with E-state index in [2.05, 4.69) is 10.3 Å². The minimum atomic E-state index is -0.558. The summed E-state index contributed by atoms with van der Waals surface area (Å²) in [6, 6.07) is 8.61. The first-order valence-electron chi connectivity index (χ1n) is 5.33. The summed E-state index contributed by atoms with van der Waals surface area (Å²) in [5.74, 6) is -1.08. The Morgan fingerprint density at radius 3 is 2.78 bits per heavy atom. The standard InChI is InChI=1S/C13H11FN2O2/c1-8-5-6-9(14)11(7-8)16-13(18)10-3-2-4-12(17)15-10/h2-7H,1H3,(H,15,17)(H,16,18). The SMILES string of the molecule is Cc1ccc(F)c(NC(=O)c2cccc(=O)[nH]2)c1. The molecule has 0 saturated carbocycles. The Morgan fingerprint density at radius 2 is 2.06 bits per heavy atom. The third-order valence-electron chi connectivity index (χ3n) is 2.38. The number of benzene rings is 1. The summed E-state index contributed by atoms with van der Waals surface area (Å²) >= 11 is 0. The van der Waals surface area contributed by atoms with Gasteiger partial charge in [-0.1, -0.05) is 12.1 Å². The molecule has 0 saturated heterocycles. The molecule has 0 bridgehead atoms. The highest BCUT2D eigenvalue weighted by Gasteiger charge is 2.09. The molecule has 0 spiro atoms. The number of carbonyl (C=O) groups is 1. The van der Waals surface area contributed by atoms with Crippen molar-refractivity contribution in [3.05, 3.63) is 63.8 Å². The van der Waals surface area contributed by atoms with Gasteiger partial charge in [0.1, 0.15) is 11.5 Å². The van der Waals surface area contributed by atoms with Crippen molar-refractivity contribution in [2.24, 2.45) is 0 Å². The van der Waals surface area contributed by atoms with Gasteiger partial charge in [0.05, 0.1) is 5.69 Å². The number of nitrogens with one attached hydrogen (secondary N) is 2. The van der Waals surface area contributed by atoms with Crippen LogP contribution in [-0.2, 0) is 0 Å². The van der Waals surface area contributed by atoms with Crippen LogP contribution in [0.3, 0.4) is 0 Å². The molecular weight excluding hydrogens is 235 g/mol. The van der Waals surface area contributed by atoms with E-state index in [1.807, 2.05) is 0 Å². The molecule has 1 aromatic carbocycles. The molecule has 0 radical (unpaired) electrons.